The number of carbonyl (C=O) groups is 2. The molecule has 0 unspecified atom stereocenters. The van der Waals surface area contributed by atoms with Gasteiger partial charge < -0.3 is 34.1 Å². The number of ether oxygens (including phenoxy) is 4. The van der Waals surface area contributed by atoms with E-state index in [1.165, 1.54) is 0 Å². The van der Waals surface area contributed by atoms with E-state index in [-0.39, 0.29) is 29.3 Å². The second kappa shape index (κ2) is 12.1. The summed E-state index contributed by atoms with van der Waals surface area (Å²) >= 11 is 0. The first-order valence-electron chi connectivity index (χ1n) is 15.4. The second-order valence-corrected chi connectivity index (χ2v) is 12.9. The molecule has 10 nitrogen and oxygen atoms in total. The predicted octanol–water partition coefficient (Wildman–Crippen LogP) is 5.48. The van der Waals surface area contributed by atoms with Gasteiger partial charge in [0.15, 0.2) is 23.0 Å². The molecule has 2 atom stereocenters. The van der Waals surface area contributed by atoms with Crippen LogP contribution < -0.4 is 24.3 Å². The lowest BCUT2D eigenvalue weighted by molar-refractivity contribution is 0.0748. The molecule has 2 saturated heterocycles. The topological polar surface area (TPSA) is 102 Å². The third-order valence-electron chi connectivity index (χ3n) is 8.91. The molecule has 4 heterocycles. The Balaban J connectivity index is 1.01. The molecule has 234 valence electrons. The van der Waals surface area contributed by atoms with Crippen molar-refractivity contribution in [2.75, 3.05) is 52.4 Å². The van der Waals surface area contributed by atoms with Crippen LogP contribution in [-0.2, 0) is 0 Å². The van der Waals surface area contributed by atoms with Crippen LogP contribution in [-0.4, -0.2) is 87.0 Å². The zero-order valence-electron chi connectivity index (χ0n) is 26.1. The number of unbranched alkanes of at least 4 members (excludes halogenated alkanes) is 2. The van der Waals surface area contributed by atoms with Gasteiger partial charge in [0, 0.05) is 38.0 Å². The summed E-state index contributed by atoms with van der Waals surface area (Å²) in [5.74, 6) is 2.24. The van der Waals surface area contributed by atoms with Crippen LogP contribution in [0.5, 0.6) is 23.0 Å². The van der Waals surface area contributed by atoms with Gasteiger partial charge in [-0.2, -0.15) is 0 Å². The number of amides is 2. The summed E-state index contributed by atoms with van der Waals surface area (Å²) in [4.78, 5) is 35.0. The number of hydrogen-bond donors (Lipinski definition) is 1. The average Bonchev–Trinajstić information content (AvgIpc) is 3.47. The molecular formula is C34H42N4O6. The lowest BCUT2D eigenvalue weighted by Gasteiger charge is -2.22. The third-order valence-corrected chi connectivity index (χ3v) is 8.91. The molecule has 1 N–H and O–H groups in total. The average molecular weight is 603 g/mol. The number of nitrogens with one attached hydrogen (secondary N) is 1. The number of hydrogen-bond acceptors (Lipinski definition) is 8. The maximum atomic E-state index is 13.3. The molecule has 2 fully saturated rings. The lowest BCUT2D eigenvalue weighted by Crippen LogP contribution is -2.36. The van der Waals surface area contributed by atoms with Crippen LogP contribution in [0.1, 0.15) is 66.7 Å². The van der Waals surface area contributed by atoms with Crippen molar-refractivity contribution in [1.82, 2.24) is 9.80 Å². The van der Waals surface area contributed by atoms with Gasteiger partial charge in [0.05, 0.1) is 62.0 Å². The number of aliphatic imine (C=N–C) groups is 1. The molecule has 2 aromatic rings. The highest BCUT2D eigenvalue weighted by molar-refractivity contribution is 6.04. The van der Waals surface area contributed by atoms with Crippen LogP contribution in [0.15, 0.2) is 41.4 Å². The maximum Gasteiger partial charge on any atom is 0.256 e. The monoisotopic (exact) mass is 602 g/mol. The van der Waals surface area contributed by atoms with Crippen molar-refractivity contribution in [3.05, 3.63) is 47.5 Å². The van der Waals surface area contributed by atoms with Crippen molar-refractivity contribution >= 4 is 29.4 Å². The van der Waals surface area contributed by atoms with Crippen molar-refractivity contribution in [2.24, 2.45) is 10.4 Å². The first-order valence-corrected chi connectivity index (χ1v) is 15.4. The van der Waals surface area contributed by atoms with Crippen molar-refractivity contribution in [1.29, 1.82) is 0 Å². The Hall–Kier alpha value is -4.21. The number of nitrogens with zero attached hydrogens (tertiary/aromatic N) is 3. The number of fused-ring (bicyclic) bond motifs is 4. The van der Waals surface area contributed by atoms with Crippen molar-refractivity contribution in [3.8, 4) is 23.0 Å². The minimum absolute atomic E-state index is 0.00517. The molecule has 10 heteroatoms. The fraction of sp³-hybridized carbons (Fsp3) is 0.500. The maximum absolute atomic E-state index is 13.3. The van der Waals surface area contributed by atoms with Gasteiger partial charge in [0.25, 0.3) is 11.8 Å². The van der Waals surface area contributed by atoms with E-state index in [0.717, 1.165) is 43.4 Å². The molecule has 2 aromatic carbocycles. The van der Waals surface area contributed by atoms with Crippen LogP contribution in [0.4, 0.5) is 11.4 Å². The summed E-state index contributed by atoms with van der Waals surface area (Å²) in [6, 6.07) is 7.32. The van der Waals surface area contributed by atoms with Crippen LogP contribution in [0.25, 0.3) is 0 Å². The normalized spacial score (nSPS) is 21.5. The molecule has 0 aliphatic carbocycles. The Morgan fingerprint density at radius 3 is 2.27 bits per heavy atom. The Morgan fingerprint density at radius 2 is 1.57 bits per heavy atom. The zero-order valence-corrected chi connectivity index (χ0v) is 26.1. The summed E-state index contributed by atoms with van der Waals surface area (Å²) in [5, 5.41) is 3.42. The van der Waals surface area contributed by atoms with Gasteiger partial charge in [-0.05, 0) is 49.7 Å². The molecule has 4 aliphatic rings. The summed E-state index contributed by atoms with van der Waals surface area (Å²) in [6.45, 7) is 11.4. The van der Waals surface area contributed by atoms with E-state index in [4.69, 9.17) is 18.9 Å². The first kappa shape index (κ1) is 29.8. The molecular weight excluding hydrogens is 560 g/mol. The highest BCUT2D eigenvalue weighted by atomic mass is 16.5. The van der Waals surface area contributed by atoms with E-state index in [2.05, 4.69) is 30.7 Å². The minimum Gasteiger partial charge on any atom is -0.493 e. The molecule has 0 spiro atoms. The number of carbonyl (C=O) groups excluding carboxylic acids is 2. The van der Waals surface area contributed by atoms with Gasteiger partial charge in [0.1, 0.15) is 0 Å². The molecule has 0 bridgehead atoms. The van der Waals surface area contributed by atoms with E-state index >= 15 is 0 Å². The van der Waals surface area contributed by atoms with Gasteiger partial charge in [-0.15, -0.1) is 0 Å². The first-order chi connectivity index (χ1) is 21.2. The van der Waals surface area contributed by atoms with Crippen LogP contribution in [0.3, 0.4) is 0 Å². The SMILES string of the molecule is C=C1C[C@H]2CNc3cc(OCCCCCOc4cc5c(cc4OC)C(=O)N4CC(C)(C)C[C@H]4C=N5)c(OC)cc3C(=O)N2C1. The van der Waals surface area contributed by atoms with E-state index in [1.54, 1.807) is 26.4 Å². The third kappa shape index (κ3) is 5.81. The van der Waals surface area contributed by atoms with Crippen molar-refractivity contribution in [2.45, 2.75) is 58.0 Å². The summed E-state index contributed by atoms with van der Waals surface area (Å²) in [6.07, 6.45) is 6.13. The Kier molecular flexibility index (Phi) is 8.18. The fourth-order valence-electron chi connectivity index (χ4n) is 6.68. The van der Waals surface area contributed by atoms with Gasteiger partial charge in [0.2, 0.25) is 0 Å². The molecule has 4 aliphatic heterocycles. The molecule has 6 rings (SSSR count). The predicted molar refractivity (Wildman–Crippen MR) is 169 cm³/mol. The minimum atomic E-state index is -0.0157. The molecule has 44 heavy (non-hydrogen) atoms. The number of anilines is 1. The zero-order chi connectivity index (χ0) is 31.0. The van der Waals surface area contributed by atoms with Gasteiger partial charge >= 0.3 is 0 Å². The Labute approximate surface area is 259 Å². The molecule has 0 radical (unpaired) electrons. The van der Waals surface area contributed by atoms with E-state index in [0.29, 0.717) is 72.7 Å². The smallest absolute Gasteiger partial charge is 0.256 e. The van der Waals surface area contributed by atoms with E-state index in [9.17, 15) is 9.59 Å². The highest BCUT2D eigenvalue weighted by Crippen LogP contribution is 2.41. The molecule has 0 saturated carbocycles. The fourth-order valence-corrected chi connectivity index (χ4v) is 6.68. The summed E-state index contributed by atoms with van der Waals surface area (Å²) in [7, 11) is 3.17. The van der Waals surface area contributed by atoms with Crippen LogP contribution in [0.2, 0.25) is 0 Å². The standard InChI is InChI=1S/C34H42N4O6/c1-21-11-22-17-35-26-14-30(28(41-4)12-24(26)32(39)37(22)19-21)43-9-7-6-8-10-44-31-15-27-25(13-29(31)42-5)33(40)38-20-34(2,3)16-23(38)18-36-27/h12-15,18,22-23,35H,1,6-11,16-17,19-20H2,2-5H3/t22-,23-/m0/s1. The number of rotatable bonds is 10. The Morgan fingerprint density at radius 1 is 0.909 bits per heavy atom. The lowest BCUT2D eigenvalue weighted by atomic mass is 9.91. The van der Waals surface area contributed by atoms with Crippen molar-refractivity contribution < 1.29 is 28.5 Å². The summed E-state index contributed by atoms with van der Waals surface area (Å²) < 4.78 is 23.3. The van der Waals surface area contributed by atoms with Gasteiger partial charge in [-0.1, -0.05) is 26.0 Å². The summed E-state index contributed by atoms with van der Waals surface area (Å²) in [5.41, 5.74) is 3.67. The molecule has 2 amide bonds. The quantitative estimate of drug-likeness (QED) is 0.284. The Bertz CT molecular complexity index is 1500. The molecule has 0 aromatic heterocycles. The van der Waals surface area contributed by atoms with Crippen LogP contribution >= 0.6 is 0 Å². The largest absolute Gasteiger partial charge is 0.493 e. The van der Waals surface area contributed by atoms with Gasteiger partial charge in [-0.3, -0.25) is 14.6 Å². The highest BCUT2D eigenvalue weighted by Gasteiger charge is 2.41. The van der Waals surface area contributed by atoms with Crippen LogP contribution in [0, 0.1) is 5.41 Å². The van der Waals surface area contributed by atoms with E-state index < -0.39 is 0 Å². The number of methoxy groups -OCH3 is 2. The second-order valence-electron chi connectivity index (χ2n) is 12.9. The van der Waals surface area contributed by atoms with Crippen molar-refractivity contribution in [3.63, 3.8) is 0 Å². The van der Waals surface area contributed by atoms with E-state index in [1.807, 2.05) is 28.1 Å². The van der Waals surface area contributed by atoms with Gasteiger partial charge in [-0.25, -0.2) is 0 Å². The number of benzene rings is 2.